The molecule has 0 unspecified atom stereocenters. The van der Waals surface area contributed by atoms with Crippen molar-refractivity contribution >= 4 is 27.3 Å². The predicted molar refractivity (Wildman–Crippen MR) is 128 cm³/mol. The van der Waals surface area contributed by atoms with Gasteiger partial charge in [0.05, 0.1) is 4.90 Å². The van der Waals surface area contributed by atoms with E-state index in [2.05, 4.69) is 21.8 Å². The molecule has 1 aliphatic rings. The lowest BCUT2D eigenvalue weighted by molar-refractivity contribution is 0.0746. The van der Waals surface area contributed by atoms with E-state index in [9.17, 15) is 13.2 Å². The van der Waals surface area contributed by atoms with E-state index >= 15 is 0 Å². The average Bonchev–Trinajstić information content (AvgIpc) is 2.79. The lowest BCUT2D eigenvalue weighted by Gasteiger charge is -2.36. The van der Waals surface area contributed by atoms with Gasteiger partial charge in [-0.15, -0.1) is 0 Å². The molecule has 0 aliphatic carbocycles. The smallest absolute Gasteiger partial charge is 0.261 e. The first-order valence-electron chi connectivity index (χ1n) is 10.6. The van der Waals surface area contributed by atoms with Gasteiger partial charge in [-0.3, -0.25) is 9.52 Å². The van der Waals surface area contributed by atoms with Crippen molar-refractivity contribution in [2.24, 2.45) is 0 Å². The number of rotatable bonds is 5. The minimum absolute atomic E-state index is 0.0795. The van der Waals surface area contributed by atoms with Crippen molar-refractivity contribution in [3.63, 3.8) is 0 Å². The highest BCUT2D eigenvalue weighted by Gasteiger charge is 2.25. The summed E-state index contributed by atoms with van der Waals surface area (Å²) >= 11 is 0. The molecule has 3 aromatic carbocycles. The summed E-state index contributed by atoms with van der Waals surface area (Å²) < 4.78 is 28.5. The van der Waals surface area contributed by atoms with E-state index in [0.29, 0.717) is 24.3 Å². The fraction of sp³-hybridized carbons (Fsp3) is 0.240. The van der Waals surface area contributed by atoms with Crippen molar-refractivity contribution in [3.8, 4) is 0 Å². The molecular weight excluding hydrogens is 422 g/mol. The number of benzene rings is 3. The Morgan fingerprint density at radius 2 is 1.56 bits per heavy atom. The number of aryl methyl sites for hydroxylation is 2. The third-order valence-corrected chi connectivity index (χ3v) is 7.09. The zero-order valence-electron chi connectivity index (χ0n) is 18.3. The second kappa shape index (κ2) is 9.04. The van der Waals surface area contributed by atoms with Crippen molar-refractivity contribution < 1.29 is 13.2 Å². The van der Waals surface area contributed by atoms with Crippen molar-refractivity contribution in [1.82, 2.24) is 4.90 Å². The molecule has 1 heterocycles. The number of carbonyl (C=O) groups is 1. The van der Waals surface area contributed by atoms with Gasteiger partial charge in [-0.2, -0.15) is 0 Å². The van der Waals surface area contributed by atoms with Crippen LogP contribution in [0.15, 0.2) is 77.7 Å². The number of amides is 1. The highest BCUT2D eigenvalue weighted by atomic mass is 32.2. The third-order valence-electron chi connectivity index (χ3n) is 5.71. The molecule has 1 saturated heterocycles. The van der Waals surface area contributed by atoms with E-state index in [1.54, 1.807) is 29.2 Å². The number of sulfonamides is 1. The van der Waals surface area contributed by atoms with E-state index in [1.165, 1.54) is 12.1 Å². The predicted octanol–water partition coefficient (Wildman–Crippen LogP) is 4.07. The van der Waals surface area contributed by atoms with Gasteiger partial charge in [-0.1, -0.05) is 36.4 Å². The van der Waals surface area contributed by atoms with Crippen molar-refractivity contribution in [2.75, 3.05) is 35.8 Å². The standard InChI is InChI=1S/C25H27N3O3S/c1-19-7-6-8-21(17-19)26-32(30,31)23-12-11-20(2)24(18-23)25(29)28-15-13-27(14-16-28)22-9-4-3-5-10-22/h3-12,17-18,26H,13-16H2,1-2H3. The second-order valence-corrected chi connectivity index (χ2v) is 9.75. The number of nitrogens with zero attached hydrogens (tertiary/aromatic N) is 2. The molecule has 1 amide bonds. The molecule has 0 saturated carbocycles. The Morgan fingerprint density at radius 1 is 0.844 bits per heavy atom. The monoisotopic (exact) mass is 449 g/mol. The first-order valence-corrected chi connectivity index (χ1v) is 12.1. The van der Waals surface area contributed by atoms with E-state index in [0.717, 1.165) is 29.9 Å². The fourth-order valence-electron chi connectivity index (χ4n) is 3.90. The molecule has 166 valence electrons. The van der Waals surface area contributed by atoms with Crippen LogP contribution in [-0.4, -0.2) is 45.4 Å². The number of hydrogen-bond acceptors (Lipinski definition) is 4. The molecule has 1 aliphatic heterocycles. The van der Waals surface area contributed by atoms with E-state index in [-0.39, 0.29) is 10.8 Å². The molecule has 4 rings (SSSR count). The van der Waals surface area contributed by atoms with Crippen LogP contribution < -0.4 is 9.62 Å². The Morgan fingerprint density at radius 3 is 2.25 bits per heavy atom. The zero-order valence-corrected chi connectivity index (χ0v) is 19.1. The highest BCUT2D eigenvalue weighted by molar-refractivity contribution is 7.92. The molecule has 0 atom stereocenters. The highest BCUT2D eigenvalue weighted by Crippen LogP contribution is 2.22. The fourth-order valence-corrected chi connectivity index (χ4v) is 4.97. The molecule has 6 nitrogen and oxygen atoms in total. The van der Waals surface area contributed by atoms with Gasteiger partial charge in [0.25, 0.3) is 15.9 Å². The van der Waals surface area contributed by atoms with Crippen molar-refractivity contribution in [3.05, 3.63) is 89.5 Å². The zero-order chi connectivity index (χ0) is 22.7. The molecule has 0 aromatic heterocycles. The number of hydrogen-bond donors (Lipinski definition) is 1. The topological polar surface area (TPSA) is 69.7 Å². The van der Waals surface area contributed by atoms with Crippen LogP contribution in [0, 0.1) is 13.8 Å². The van der Waals surface area contributed by atoms with Crippen molar-refractivity contribution in [1.29, 1.82) is 0 Å². The summed E-state index contributed by atoms with van der Waals surface area (Å²) in [4.78, 5) is 17.4. The molecule has 1 N–H and O–H groups in total. The molecular formula is C25H27N3O3S. The van der Waals surface area contributed by atoms with Gasteiger partial charge in [0.15, 0.2) is 0 Å². The quantitative estimate of drug-likeness (QED) is 0.638. The van der Waals surface area contributed by atoms with E-state index < -0.39 is 10.0 Å². The van der Waals surface area contributed by atoms with Crippen LogP contribution in [0.1, 0.15) is 21.5 Å². The Bertz CT molecular complexity index is 1220. The summed E-state index contributed by atoms with van der Waals surface area (Å²) in [5, 5.41) is 0. The van der Waals surface area contributed by atoms with Crippen LogP contribution in [0.5, 0.6) is 0 Å². The van der Waals surface area contributed by atoms with Gasteiger partial charge < -0.3 is 9.80 Å². The summed E-state index contributed by atoms with van der Waals surface area (Å²) in [7, 11) is -3.81. The van der Waals surface area contributed by atoms with Gasteiger partial charge in [-0.05, 0) is 61.4 Å². The average molecular weight is 450 g/mol. The second-order valence-electron chi connectivity index (χ2n) is 8.07. The lowest BCUT2D eigenvalue weighted by Crippen LogP contribution is -2.49. The van der Waals surface area contributed by atoms with Crippen LogP contribution in [0.4, 0.5) is 11.4 Å². The maximum Gasteiger partial charge on any atom is 0.261 e. The Hall–Kier alpha value is -3.32. The molecule has 0 bridgehead atoms. The largest absolute Gasteiger partial charge is 0.368 e. The number of carbonyl (C=O) groups excluding carboxylic acids is 1. The first-order chi connectivity index (χ1) is 15.3. The lowest BCUT2D eigenvalue weighted by atomic mass is 10.1. The van der Waals surface area contributed by atoms with Gasteiger partial charge in [0, 0.05) is 43.1 Å². The molecule has 32 heavy (non-hydrogen) atoms. The summed E-state index contributed by atoms with van der Waals surface area (Å²) in [5.41, 5.74) is 3.78. The molecule has 1 fully saturated rings. The third kappa shape index (κ3) is 4.78. The summed E-state index contributed by atoms with van der Waals surface area (Å²) in [6.07, 6.45) is 0. The maximum absolute atomic E-state index is 13.2. The van der Waals surface area contributed by atoms with E-state index in [1.807, 2.05) is 38.1 Å². The molecule has 0 spiro atoms. The van der Waals surface area contributed by atoms with Gasteiger partial charge in [0.1, 0.15) is 0 Å². The van der Waals surface area contributed by atoms with Crippen molar-refractivity contribution in [2.45, 2.75) is 18.7 Å². The van der Waals surface area contributed by atoms with Crippen LogP contribution in [0.25, 0.3) is 0 Å². The summed E-state index contributed by atoms with van der Waals surface area (Å²) in [5.74, 6) is -0.136. The summed E-state index contributed by atoms with van der Waals surface area (Å²) in [6, 6.07) is 22.0. The Kier molecular flexibility index (Phi) is 6.19. The number of nitrogens with one attached hydrogen (secondary N) is 1. The molecule has 3 aromatic rings. The minimum atomic E-state index is -3.81. The summed E-state index contributed by atoms with van der Waals surface area (Å²) in [6.45, 7) is 6.39. The maximum atomic E-state index is 13.2. The van der Waals surface area contributed by atoms with Gasteiger partial charge in [0.2, 0.25) is 0 Å². The first kappa shape index (κ1) is 21.9. The molecule has 7 heteroatoms. The van der Waals surface area contributed by atoms with Crippen LogP contribution >= 0.6 is 0 Å². The normalized spacial score (nSPS) is 14.3. The Balaban J connectivity index is 1.50. The SMILES string of the molecule is Cc1cccc(NS(=O)(=O)c2ccc(C)c(C(=O)N3CCN(c4ccccc4)CC3)c2)c1. The molecule has 0 radical (unpaired) electrons. The van der Waals surface area contributed by atoms with Crippen LogP contribution in [-0.2, 0) is 10.0 Å². The number of piperazine rings is 1. The van der Waals surface area contributed by atoms with Gasteiger partial charge in [-0.25, -0.2) is 8.42 Å². The minimum Gasteiger partial charge on any atom is -0.368 e. The van der Waals surface area contributed by atoms with Crippen LogP contribution in [0.2, 0.25) is 0 Å². The Labute approximate surface area is 189 Å². The van der Waals surface area contributed by atoms with Gasteiger partial charge >= 0.3 is 0 Å². The van der Waals surface area contributed by atoms with Crippen LogP contribution in [0.3, 0.4) is 0 Å². The number of para-hydroxylation sites is 1. The number of anilines is 2. The van der Waals surface area contributed by atoms with E-state index in [4.69, 9.17) is 0 Å².